The predicted molar refractivity (Wildman–Crippen MR) is 225 cm³/mol. The molecular weight excluding hydrogens is 709 g/mol. The number of hydrogen-bond donors (Lipinski definition) is 0. The van der Waals surface area contributed by atoms with Gasteiger partial charge in [-0.2, -0.15) is 0 Å². The Morgan fingerprint density at radius 1 is 0.792 bits per heavy atom. The van der Waals surface area contributed by atoms with Crippen LogP contribution >= 0.6 is 0 Å². The van der Waals surface area contributed by atoms with Crippen LogP contribution in [0.1, 0.15) is 96.6 Å². The van der Waals surface area contributed by atoms with Crippen molar-refractivity contribution in [1.82, 2.24) is 0 Å². The zero-order valence-electron chi connectivity index (χ0n) is 35.3. The van der Waals surface area contributed by atoms with Crippen molar-refractivity contribution in [3.05, 3.63) is 71.8 Å². The summed E-state index contributed by atoms with van der Waals surface area (Å²) >= 11 is 0. The van der Waals surface area contributed by atoms with Gasteiger partial charge >= 0.3 is 20.5 Å². The topological polar surface area (TPSA) is 71.1 Å². The molecule has 0 saturated heterocycles. The van der Waals surface area contributed by atoms with E-state index >= 15 is 0 Å². The van der Waals surface area contributed by atoms with Crippen molar-refractivity contribution in [2.24, 2.45) is 34.5 Å². The first kappa shape index (κ1) is 43.7. The average Bonchev–Trinajstić information content (AvgIpc) is 3.73. The van der Waals surface area contributed by atoms with E-state index in [0.29, 0.717) is 43.6 Å². The molecule has 296 valence electrons. The summed E-state index contributed by atoms with van der Waals surface area (Å²) in [5.74, 6) is 1.26. The number of methoxy groups -OCH3 is 1. The fourth-order valence-electron chi connectivity index (χ4n) is 10.4. The molecule has 6 unspecified atom stereocenters. The van der Waals surface area contributed by atoms with Crippen LogP contribution in [0.3, 0.4) is 0 Å². The first-order valence-electron chi connectivity index (χ1n) is 20.4. The molecule has 53 heavy (non-hydrogen) atoms. The number of ether oxygens (including phenoxy) is 2. The summed E-state index contributed by atoms with van der Waals surface area (Å²) in [4.78, 5) is 29.2. The van der Waals surface area contributed by atoms with E-state index in [0.717, 1.165) is 31.7 Å². The highest BCUT2D eigenvalue weighted by molar-refractivity contribution is 6.87. The van der Waals surface area contributed by atoms with Crippen molar-refractivity contribution in [1.29, 1.82) is 0 Å². The maximum absolute atomic E-state index is 14.8. The lowest BCUT2D eigenvalue weighted by atomic mass is 9.56. The summed E-state index contributed by atoms with van der Waals surface area (Å²) in [5.41, 5.74) is 0.106. The minimum atomic E-state index is -2.47. The summed E-state index contributed by atoms with van der Waals surface area (Å²) in [6.07, 6.45) is 8.07. The minimum absolute atomic E-state index is 0.167. The van der Waals surface area contributed by atoms with Gasteiger partial charge in [-0.25, -0.2) is 0 Å². The van der Waals surface area contributed by atoms with Gasteiger partial charge in [-0.1, -0.05) is 87.4 Å². The molecule has 2 aliphatic carbocycles. The van der Waals surface area contributed by atoms with Crippen LogP contribution in [0, 0.1) is 34.5 Å². The zero-order chi connectivity index (χ0) is 39.3. The van der Waals surface area contributed by atoms with Gasteiger partial charge in [0.2, 0.25) is 0 Å². The molecule has 0 heterocycles. The minimum Gasteiger partial charge on any atom is -0.469 e. The highest BCUT2D eigenvalue weighted by Crippen LogP contribution is 2.60. The molecule has 2 fully saturated rings. The van der Waals surface area contributed by atoms with E-state index in [4.69, 9.17) is 17.7 Å². The molecule has 0 amide bonds. The number of esters is 2. The second kappa shape index (κ2) is 17.4. The van der Waals surface area contributed by atoms with Crippen molar-refractivity contribution in [3.63, 3.8) is 0 Å². The molecule has 0 aromatic heterocycles. The third kappa shape index (κ3) is 11.0. The van der Waals surface area contributed by atoms with E-state index in [1.165, 1.54) is 31.1 Å². The van der Waals surface area contributed by atoms with Crippen molar-refractivity contribution < 1.29 is 27.3 Å². The first-order valence-corrected chi connectivity index (χ1v) is 29.8. The third-order valence-corrected chi connectivity index (χ3v) is 21.9. The smallest absolute Gasteiger partial charge is 0.314 e. The van der Waals surface area contributed by atoms with Crippen LogP contribution in [0.4, 0.5) is 0 Å². The summed E-state index contributed by atoms with van der Waals surface area (Å²) in [6, 6.07) is 22.2. The van der Waals surface area contributed by atoms with E-state index in [-0.39, 0.29) is 17.9 Å². The largest absolute Gasteiger partial charge is 0.469 e. The standard InChI is InChI=1S/C44H72O6Si3/c1-13-34(2)31-44(37-21-16-14-17-22-37,38-23-18-15-19-24-38)33-42(3,40(45)47-5)32-43(4,39-30-35-25-26-36(39)29-35)41(46)48-27-20-28-53(12,49-51(6,7)8)50-52(9,10)11/h14-19,21-24,34-36,39H,13,20,25-33H2,1-12H3. The van der Waals surface area contributed by atoms with Crippen LogP contribution in [0.2, 0.25) is 51.9 Å². The highest BCUT2D eigenvalue weighted by Gasteiger charge is 2.58. The van der Waals surface area contributed by atoms with Gasteiger partial charge in [-0.15, -0.1) is 0 Å². The maximum atomic E-state index is 14.8. The zero-order valence-corrected chi connectivity index (χ0v) is 38.3. The second-order valence-corrected chi connectivity index (χ2v) is 32.3. The van der Waals surface area contributed by atoms with E-state index in [1.54, 1.807) is 0 Å². The number of carbonyl (C=O) groups excluding carboxylic acids is 2. The number of hydrogen-bond acceptors (Lipinski definition) is 6. The van der Waals surface area contributed by atoms with E-state index < -0.39 is 41.4 Å². The van der Waals surface area contributed by atoms with Crippen molar-refractivity contribution in [2.75, 3.05) is 13.7 Å². The Morgan fingerprint density at radius 2 is 1.34 bits per heavy atom. The number of benzene rings is 2. The molecule has 2 aliphatic rings. The maximum Gasteiger partial charge on any atom is 0.314 e. The molecule has 0 radical (unpaired) electrons. The Balaban J connectivity index is 1.71. The van der Waals surface area contributed by atoms with Crippen LogP contribution in [0.25, 0.3) is 0 Å². The molecule has 2 saturated carbocycles. The number of rotatable bonds is 20. The first-order chi connectivity index (χ1) is 24.7. The molecule has 2 aromatic rings. The summed E-state index contributed by atoms with van der Waals surface area (Å²) in [6.45, 7) is 24.6. The molecule has 6 atom stereocenters. The Morgan fingerprint density at radius 3 is 1.77 bits per heavy atom. The fraction of sp³-hybridized carbons (Fsp3) is 0.682. The number of fused-ring (bicyclic) bond motifs is 2. The highest BCUT2D eigenvalue weighted by atomic mass is 28.5. The van der Waals surface area contributed by atoms with Crippen LogP contribution < -0.4 is 0 Å². The Bertz CT molecular complexity index is 1430. The lowest BCUT2D eigenvalue weighted by molar-refractivity contribution is -0.168. The van der Waals surface area contributed by atoms with Gasteiger partial charge in [0, 0.05) is 5.41 Å². The van der Waals surface area contributed by atoms with E-state index in [9.17, 15) is 9.59 Å². The van der Waals surface area contributed by atoms with Gasteiger partial charge < -0.3 is 17.7 Å². The lowest BCUT2D eigenvalue weighted by Crippen LogP contribution is -2.52. The Hall–Kier alpha value is -2.05. The van der Waals surface area contributed by atoms with Crippen LogP contribution in [0.5, 0.6) is 0 Å². The summed E-state index contributed by atoms with van der Waals surface area (Å²) < 4.78 is 25.6. The third-order valence-electron chi connectivity index (χ3n) is 12.2. The van der Waals surface area contributed by atoms with Crippen LogP contribution in [-0.4, -0.2) is 50.9 Å². The molecule has 4 rings (SSSR count). The molecular formula is C44H72O6Si3. The summed E-state index contributed by atoms with van der Waals surface area (Å²) in [7, 11) is -4.66. The molecule has 9 heteroatoms. The van der Waals surface area contributed by atoms with Gasteiger partial charge in [-0.05, 0) is 145 Å². The molecule has 0 aliphatic heterocycles. The van der Waals surface area contributed by atoms with E-state index in [2.05, 4.69) is 134 Å². The Kier molecular flexibility index (Phi) is 14.3. The fourth-order valence-corrected chi connectivity index (χ4v) is 22.9. The van der Waals surface area contributed by atoms with Gasteiger partial charge in [-0.3, -0.25) is 9.59 Å². The second-order valence-electron chi connectivity index (χ2n) is 19.4. The van der Waals surface area contributed by atoms with Crippen LogP contribution in [0.15, 0.2) is 60.7 Å². The van der Waals surface area contributed by atoms with Gasteiger partial charge in [0.1, 0.15) is 0 Å². The lowest BCUT2D eigenvalue weighted by Gasteiger charge is -2.47. The molecule has 6 nitrogen and oxygen atoms in total. The summed E-state index contributed by atoms with van der Waals surface area (Å²) in [5, 5.41) is 0. The monoisotopic (exact) mass is 780 g/mol. The molecule has 0 N–H and O–H groups in total. The molecule has 0 spiro atoms. The van der Waals surface area contributed by atoms with Gasteiger partial charge in [0.05, 0.1) is 24.5 Å². The Labute approximate surface area is 326 Å². The SMILES string of the molecule is CCC(C)CC(CC(C)(CC(C)(C(=O)OCCC[Si](C)(O[Si](C)(C)C)O[Si](C)(C)C)C1CC2CCC1C2)C(=O)OC)(c1ccccc1)c1ccccc1. The average molecular weight is 781 g/mol. The normalized spacial score (nSPS) is 22.2. The quantitative estimate of drug-likeness (QED) is 0.0757. The van der Waals surface area contributed by atoms with Gasteiger partial charge in [0.15, 0.2) is 16.6 Å². The van der Waals surface area contributed by atoms with Crippen molar-refractivity contribution >= 4 is 37.1 Å². The van der Waals surface area contributed by atoms with Crippen molar-refractivity contribution in [2.45, 2.75) is 143 Å². The molecule has 2 aromatic carbocycles. The van der Waals surface area contributed by atoms with Crippen LogP contribution in [-0.2, 0) is 32.7 Å². The van der Waals surface area contributed by atoms with Gasteiger partial charge in [0.25, 0.3) is 0 Å². The number of carbonyl (C=O) groups is 2. The van der Waals surface area contributed by atoms with E-state index in [1.807, 2.05) is 0 Å². The predicted octanol–water partition coefficient (Wildman–Crippen LogP) is 11.5. The molecule has 2 bridgehead atoms. The van der Waals surface area contributed by atoms with Crippen molar-refractivity contribution in [3.8, 4) is 0 Å².